The van der Waals surface area contributed by atoms with Crippen molar-refractivity contribution in [3.8, 4) is 11.5 Å². The summed E-state index contributed by atoms with van der Waals surface area (Å²) in [6.07, 6.45) is 1.82. The number of aryl methyl sites for hydroxylation is 1. The number of nitrogens with zero attached hydrogens (tertiary/aromatic N) is 2. The number of hydrogen-bond donors (Lipinski definition) is 0. The third-order valence-corrected chi connectivity index (χ3v) is 9.32. The van der Waals surface area contributed by atoms with Gasteiger partial charge >= 0.3 is 5.97 Å². The van der Waals surface area contributed by atoms with Crippen molar-refractivity contribution >= 4 is 56.7 Å². The van der Waals surface area contributed by atoms with Crippen molar-refractivity contribution in [2.24, 2.45) is 4.99 Å². The minimum Gasteiger partial charge on any atom is -0.493 e. The number of rotatable bonds is 8. The molecule has 7 nitrogen and oxygen atoms in total. The van der Waals surface area contributed by atoms with Gasteiger partial charge in [-0.05, 0) is 83.5 Å². The Kier molecular flexibility index (Phi) is 8.91. The predicted octanol–water partition coefficient (Wildman–Crippen LogP) is 6.45. The van der Waals surface area contributed by atoms with Gasteiger partial charge in [0.1, 0.15) is 6.61 Å². The maximum atomic E-state index is 14.2. The second kappa shape index (κ2) is 13.0. The molecule has 0 aliphatic carbocycles. The van der Waals surface area contributed by atoms with Crippen molar-refractivity contribution in [2.45, 2.75) is 33.4 Å². The molecule has 45 heavy (non-hydrogen) atoms. The lowest BCUT2D eigenvalue weighted by Crippen LogP contribution is -2.39. The predicted molar refractivity (Wildman–Crippen MR) is 186 cm³/mol. The van der Waals surface area contributed by atoms with Gasteiger partial charge in [0.2, 0.25) is 0 Å². The summed E-state index contributed by atoms with van der Waals surface area (Å²) < 4.78 is 20.6. The summed E-state index contributed by atoms with van der Waals surface area (Å²) in [5.74, 6) is 0.624. The number of ether oxygens (including phenoxy) is 3. The van der Waals surface area contributed by atoms with Crippen LogP contribution < -0.4 is 24.4 Å². The minimum absolute atomic E-state index is 0.219. The van der Waals surface area contributed by atoms with Gasteiger partial charge in [0.05, 0.1) is 35.6 Å². The standard InChI is InChI=1S/C36H31IN2O5S/c1-5-43-35(41)31-22(3)38-36-39(32(31)24-15-13-21(2)14-16-24)34(40)30(45-36)18-26-17-27(37)19-29(42-4)33(26)44-20-25-11-8-10-23-9-6-7-12-28(23)25/h6-19,32H,5,20H2,1-4H3/b30-18-/t32-/m0/s1. The number of aromatic nitrogens is 1. The first-order valence-electron chi connectivity index (χ1n) is 14.5. The summed E-state index contributed by atoms with van der Waals surface area (Å²) in [5.41, 5.74) is 4.26. The van der Waals surface area contributed by atoms with E-state index in [2.05, 4.69) is 40.8 Å². The second-order valence-corrected chi connectivity index (χ2v) is 12.9. The van der Waals surface area contributed by atoms with Crippen LogP contribution in [-0.4, -0.2) is 24.3 Å². The Hall–Kier alpha value is -4.22. The van der Waals surface area contributed by atoms with Crippen LogP contribution >= 0.6 is 33.9 Å². The van der Waals surface area contributed by atoms with Crippen LogP contribution in [0.2, 0.25) is 0 Å². The fraction of sp³-hybridized carbons (Fsp3) is 0.194. The largest absolute Gasteiger partial charge is 0.493 e. The Morgan fingerprint density at radius 1 is 1.04 bits per heavy atom. The second-order valence-electron chi connectivity index (χ2n) is 10.7. The molecule has 0 bridgehead atoms. The molecule has 1 aliphatic heterocycles. The Morgan fingerprint density at radius 3 is 2.56 bits per heavy atom. The molecule has 0 saturated carbocycles. The van der Waals surface area contributed by atoms with Crippen LogP contribution in [0.3, 0.4) is 0 Å². The van der Waals surface area contributed by atoms with Crippen molar-refractivity contribution in [2.75, 3.05) is 13.7 Å². The summed E-state index contributed by atoms with van der Waals surface area (Å²) >= 11 is 3.51. The zero-order valence-corrected chi connectivity index (χ0v) is 28.3. The monoisotopic (exact) mass is 730 g/mol. The third kappa shape index (κ3) is 6.06. The average molecular weight is 731 g/mol. The summed E-state index contributed by atoms with van der Waals surface area (Å²) in [5, 5.41) is 2.25. The number of methoxy groups -OCH3 is 1. The zero-order valence-electron chi connectivity index (χ0n) is 25.3. The normalized spacial score (nSPS) is 14.7. The molecule has 4 aromatic carbocycles. The van der Waals surface area contributed by atoms with Crippen molar-refractivity contribution in [3.63, 3.8) is 0 Å². The molecule has 5 aromatic rings. The molecule has 0 amide bonds. The summed E-state index contributed by atoms with van der Waals surface area (Å²) in [6, 6.07) is 25.4. The van der Waals surface area contributed by atoms with Crippen molar-refractivity contribution in [1.82, 2.24) is 4.57 Å². The average Bonchev–Trinajstić information content (AvgIpc) is 3.33. The van der Waals surface area contributed by atoms with Gasteiger partial charge in [-0.1, -0.05) is 83.6 Å². The SMILES string of the molecule is CCOC(=O)C1=C(C)N=c2s/c(=C\c3cc(I)cc(OC)c3OCc3cccc4ccccc34)c(=O)n2[C@H]1c1ccc(C)cc1. The van der Waals surface area contributed by atoms with Crippen molar-refractivity contribution < 1.29 is 19.0 Å². The van der Waals surface area contributed by atoms with Gasteiger partial charge in [-0.15, -0.1) is 0 Å². The Balaban J connectivity index is 1.48. The Bertz CT molecular complexity index is 2140. The number of halogens is 1. The molecule has 228 valence electrons. The third-order valence-electron chi connectivity index (χ3n) is 7.72. The van der Waals surface area contributed by atoms with Gasteiger partial charge in [-0.3, -0.25) is 9.36 Å². The van der Waals surface area contributed by atoms with E-state index >= 15 is 0 Å². The molecule has 0 N–H and O–H groups in total. The lowest BCUT2D eigenvalue weighted by atomic mass is 9.95. The highest BCUT2D eigenvalue weighted by molar-refractivity contribution is 14.1. The topological polar surface area (TPSA) is 79.1 Å². The molecule has 1 aromatic heterocycles. The van der Waals surface area contributed by atoms with E-state index in [0.717, 1.165) is 31.0 Å². The van der Waals surface area contributed by atoms with Gasteiger partial charge in [0.25, 0.3) is 5.56 Å². The van der Waals surface area contributed by atoms with Gasteiger partial charge in [-0.25, -0.2) is 9.79 Å². The first-order chi connectivity index (χ1) is 21.8. The molecule has 0 saturated heterocycles. The van der Waals surface area contributed by atoms with Crippen LogP contribution in [-0.2, 0) is 16.1 Å². The number of fused-ring (bicyclic) bond motifs is 2. The quantitative estimate of drug-likeness (QED) is 0.136. The highest BCUT2D eigenvalue weighted by Crippen LogP contribution is 2.36. The Labute approximate surface area is 278 Å². The molecular formula is C36H31IN2O5S. The molecule has 9 heteroatoms. The number of thiazole rings is 1. The van der Waals surface area contributed by atoms with E-state index in [9.17, 15) is 9.59 Å². The van der Waals surface area contributed by atoms with Crippen LogP contribution in [0.1, 0.15) is 42.1 Å². The zero-order chi connectivity index (χ0) is 31.7. The number of esters is 1. The Morgan fingerprint density at radius 2 is 1.80 bits per heavy atom. The molecule has 1 aliphatic rings. The van der Waals surface area contributed by atoms with Gasteiger partial charge in [0, 0.05) is 9.13 Å². The maximum absolute atomic E-state index is 14.2. The van der Waals surface area contributed by atoms with Crippen LogP contribution in [0.4, 0.5) is 0 Å². The van der Waals surface area contributed by atoms with Crippen LogP contribution in [0, 0.1) is 10.5 Å². The maximum Gasteiger partial charge on any atom is 0.338 e. The first kappa shape index (κ1) is 30.8. The fourth-order valence-corrected chi connectivity index (χ4v) is 7.22. The minimum atomic E-state index is -0.671. The van der Waals surface area contributed by atoms with Gasteiger partial charge < -0.3 is 14.2 Å². The van der Waals surface area contributed by atoms with Crippen molar-refractivity contribution in [1.29, 1.82) is 0 Å². The first-order valence-corrected chi connectivity index (χ1v) is 16.4. The molecule has 6 rings (SSSR count). The lowest BCUT2D eigenvalue weighted by Gasteiger charge is -2.24. The molecular weight excluding hydrogens is 699 g/mol. The van der Waals surface area contributed by atoms with Gasteiger partial charge in [-0.2, -0.15) is 0 Å². The van der Waals surface area contributed by atoms with E-state index in [1.54, 1.807) is 25.5 Å². The van der Waals surface area contributed by atoms with E-state index in [1.807, 2.05) is 73.7 Å². The van der Waals surface area contributed by atoms with Gasteiger partial charge in [0.15, 0.2) is 16.3 Å². The highest BCUT2D eigenvalue weighted by atomic mass is 127. The van der Waals surface area contributed by atoms with E-state index in [-0.39, 0.29) is 12.2 Å². The summed E-state index contributed by atoms with van der Waals surface area (Å²) in [7, 11) is 1.61. The summed E-state index contributed by atoms with van der Waals surface area (Å²) in [6.45, 7) is 6.08. The van der Waals surface area contributed by atoms with E-state index in [0.29, 0.717) is 44.3 Å². The number of allylic oxidation sites excluding steroid dienone is 1. The van der Waals surface area contributed by atoms with Crippen LogP contribution in [0.5, 0.6) is 11.5 Å². The van der Waals surface area contributed by atoms with E-state index in [4.69, 9.17) is 19.2 Å². The fourth-order valence-electron chi connectivity index (χ4n) is 5.57. The number of benzene rings is 4. The number of carbonyl (C=O) groups is 1. The molecule has 0 fully saturated rings. The van der Waals surface area contributed by atoms with E-state index < -0.39 is 12.0 Å². The summed E-state index contributed by atoms with van der Waals surface area (Å²) in [4.78, 5) is 32.6. The van der Waals surface area contributed by atoms with E-state index in [1.165, 1.54) is 11.3 Å². The smallest absolute Gasteiger partial charge is 0.338 e. The van der Waals surface area contributed by atoms with Crippen LogP contribution in [0.15, 0.2) is 99.9 Å². The molecule has 1 atom stereocenters. The number of hydrogen-bond acceptors (Lipinski definition) is 7. The number of carbonyl (C=O) groups excluding carboxylic acids is 1. The molecule has 2 heterocycles. The lowest BCUT2D eigenvalue weighted by molar-refractivity contribution is -0.139. The molecule has 0 spiro atoms. The molecule has 0 unspecified atom stereocenters. The van der Waals surface area contributed by atoms with Crippen molar-refractivity contribution in [3.05, 3.63) is 136 Å². The van der Waals surface area contributed by atoms with Crippen LogP contribution in [0.25, 0.3) is 16.8 Å². The highest BCUT2D eigenvalue weighted by Gasteiger charge is 2.33. The molecule has 0 radical (unpaired) electrons.